The molecule has 0 aliphatic carbocycles. The van der Waals surface area contributed by atoms with Gasteiger partial charge in [-0.2, -0.15) is 5.10 Å². The first kappa shape index (κ1) is 19.1. The molecule has 0 saturated heterocycles. The number of methoxy groups -OCH3 is 1. The monoisotopic (exact) mass is 375 g/mol. The van der Waals surface area contributed by atoms with Crippen LogP contribution in [-0.2, 0) is 11.3 Å². The Bertz CT molecular complexity index is 1010. The van der Waals surface area contributed by atoms with Crippen molar-refractivity contribution in [2.45, 2.75) is 6.54 Å². The van der Waals surface area contributed by atoms with E-state index in [9.17, 15) is 9.59 Å². The van der Waals surface area contributed by atoms with E-state index in [-0.39, 0.29) is 18.0 Å². The first-order valence-corrected chi connectivity index (χ1v) is 8.81. The van der Waals surface area contributed by atoms with Gasteiger partial charge in [-0.3, -0.25) is 9.59 Å². The number of carbonyl (C=O) groups excluding carboxylic acids is 1. The molecule has 0 aliphatic rings. The Balaban J connectivity index is 1.87. The molecule has 6 heteroatoms. The first-order chi connectivity index (χ1) is 13.6. The largest absolute Gasteiger partial charge is 0.497 e. The maximum absolute atomic E-state index is 12.8. The maximum Gasteiger partial charge on any atom is 0.267 e. The highest BCUT2D eigenvalue weighted by Crippen LogP contribution is 2.19. The van der Waals surface area contributed by atoms with E-state index in [0.717, 1.165) is 17.0 Å². The zero-order chi connectivity index (χ0) is 19.9. The van der Waals surface area contributed by atoms with Gasteiger partial charge in [-0.05, 0) is 42.5 Å². The lowest BCUT2D eigenvalue weighted by Gasteiger charge is -2.21. The fourth-order valence-corrected chi connectivity index (χ4v) is 2.78. The molecule has 0 spiro atoms. The predicted molar refractivity (Wildman–Crippen MR) is 109 cm³/mol. The molecule has 0 bridgehead atoms. The summed E-state index contributed by atoms with van der Waals surface area (Å²) in [5, 5.41) is 4.36. The maximum atomic E-state index is 12.8. The van der Waals surface area contributed by atoms with Crippen LogP contribution in [0.5, 0.6) is 5.75 Å². The minimum atomic E-state index is -0.336. The summed E-state index contributed by atoms with van der Waals surface area (Å²) in [5.41, 5.74) is 1.84. The number of para-hydroxylation sites is 1. The van der Waals surface area contributed by atoms with Gasteiger partial charge in [0.1, 0.15) is 12.3 Å². The fraction of sp³-hybridized carbons (Fsp3) is 0.136. The minimum Gasteiger partial charge on any atom is -0.497 e. The van der Waals surface area contributed by atoms with E-state index >= 15 is 0 Å². The molecule has 0 fully saturated rings. The zero-order valence-corrected chi connectivity index (χ0v) is 15.6. The van der Waals surface area contributed by atoms with Crippen molar-refractivity contribution in [3.8, 4) is 17.0 Å². The van der Waals surface area contributed by atoms with Gasteiger partial charge >= 0.3 is 0 Å². The van der Waals surface area contributed by atoms with E-state index in [1.807, 2.05) is 54.6 Å². The van der Waals surface area contributed by atoms with Crippen molar-refractivity contribution < 1.29 is 9.53 Å². The highest BCUT2D eigenvalue weighted by atomic mass is 16.5. The van der Waals surface area contributed by atoms with E-state index in [1.54, 1.807) is 24.2 Å². The summed E-state index contributed by atoms with van der Waals surface area (Å²) in [6.07, 6.45) is 1.65. The van der Waals surface area contributed by atoms with Crippen molar-refractivity contribution in [1.82, 2.24) is 9.78 Å². The standard InChI is InChI=1S/C22H21N3O3/c1-3-15-24(18-7-5-4-6-8-18)22(27)16-25-21(26)14-13-20(23-25)17-9-11-19(28-2)12-10-17/h3-14H,1,15-16H2,2H3. The summed E-state index contributed by atoms with van der Waals surface area (Å²) in [5.74, 6) is 0.489. The van der Waals surface area contributed by atoms with Gasteiger partial charge < -0.3 is 9.64 Å². The van der Waals surface area contributed by atoms with E-state index in [2.05, 4.69) is 11.7 Å². The Kier molecular flexibility index (Phi) is 6.01. The van der Waals surface area contributed by atoms with Crippen molar-refractivity contribution in [3.63, 3.8) is 0 Å². The van der Waals surface area contributed by atoms with E-state index in [4.69, 9.17) is 4.74 Å². The number of amides is 1. The summed E-state index contributed by atoms with van der Waals surface area (Å²) in [6.45, 7) is 3.89. The lowest BCUT2D eigenvalue weighted by molar-refractivity contribution is -0.119. The molecule has 28 heavy (non-hydrogen) atoms. The third-order valence-corrected chi connectivity index (χ3v) is 4.22. The Morgan fingerprint density at radius 2 is 1.82 bits per heavy atom. The number of nitrogens with zero attached hydrogens (tertiary/aromatic N) is 3. The minimum absolute atomic E-state index is 0.161. The van der Waals surface area contributed by atoms with Gasteiger partial charge in [-0.25, -0.2) is 4.68 Å². The highest BCUT2D eigenvalue weighted by molar-refractivity contribution is 5.93. The van der Waals surface area contributed by atoms with Crippen molar-refractivity contribution in [2.24, 2.45) is 0 Å². The summed E-state index contributed by atoms with van der Waals surface area (Å²) >= 11 is 0. The molecule has 1 heterocycles. The molecular formula is C22H21N3O3. The van der Waals surface area contributed by atoms with Crippen molar-refractivity contribution in [2.75, 3.05) is 18.6 Å². The second kappa shape index (κ2) is 8.81. The van der Waals surface area contributed by atoms with Crippen LogP contribution >= 0.6 is 0 Å². The average Bonchev–Trinajstić information content (AvgIpc) is 2.74. The molecule has 2 aromatic carbocycles. The number of benzene rings is 2. The highest BCUT2D eigenvalue weighted by Gasteiger charge is 2.16. The zero-order valence-electron chi connectivity index (χ0n) is 15.6. The van der Waals surface area contributed by atoms with Gasteiger partial charge in [0, 0.05) is 23.9 Å². The van der Waals surface area contributed by atoms with Gasteiger partial charge in [0.15, 0.2) is 0 Å². The molecule has 6 nitrogen and oxygen atoms in total. The SMILES string of the molecule is C=CCN(C(=O)Cn1nc(-c2ccc(OC)cc2)ccc1=O)c1ccccc1. The number of ether oxygens (including phenoxy) is 1. The predicted octanol–water partition coefficient (Wildman–Crippen LogP) is 3.14. The van der Waals surface area contributed by atoms with Crippen molar-refractivity contribution >= 4 is 11.6 Å². The smallest absolute Gasteiger partial charge is 0.267 e. The Labute approximate surface area is 163 Å². The van der Waals surface area contributed by atoms with Gasteiger partial charge in [0.25, 0.3) is 5.56 Å². The Morgan fingerprint density at radius 1 is 1.11 bits per heavy atom. The van der Waals surface area contributed by atoms with Crippen LogP contribution in [-0.4, -0.2) is 29.3 Å². The molecule has 0 unspecified atom stereocenters. The van der Waals surface area contributed by atoms with Gasteiger partial charge in [0.2, 0.25) is 5.91 Å². The quantitative estimate of drug-likeness (QED) is 0.595. The van der Waals surface area contributed by atoms with Crippen molar-refractivity contribution in [3.05, 3.63) is 89.7 Å². The van der Waals surface area contributed by atoms with E-state index in [0.29, 0.717) is 12.2 Å². The lowest BCUT2D eigenvalue weighted by atomic mass is 10.1. The molecule has 0 aliphatic heterocycles. The topological polar surface area (TPSA) is 64.4 Å². The Morgan fingerprint density at radius 3 is 2.46 bits per heavy atom. The fourth-order valence-electron chi connectivity index (χ4n) is 2.78. The molecule has 0 atom stereocenters. The average molecular weight is 375 g/mol. The molecule has 3 aromatic rings. The molecule has 1 aromatic heterocycles. The van der Waals surface area contributed by atoms with E-state index in [1.165, 1.54) is 10.7 Å². The van der Waals surface area contributed by atoms with Crippen molar-refractivity contribution in [1.29, 1.82) is 0 Å². The molecule has 0 saturated carbocycles. The summed E-state index contributed by atoms with van der Waals surface area (Å²) in [6, 6.07) is 19.7. The second-order valence-electron chi connectivity index (χ2n) is 6.07. The summed E-state index contributed by atoms with van der Waals surface area (Å²) in [7, 11) is 1.60. The molecule has 0 radical (unpaired) electrons. The molecule has 0 N–H and O–H groups in total. The van der Waals surface area contributed by atoms with Crippen LogP contribution in [0, 0.1) is 0 Å². The number of carbonyl (C=O) groups is 1. The summed E-state index contributed by atoms with van der Waals surface area (Å²) in [4.78, 5) is 26.7. The van der Waals surface area contributed by atoms with Crippen LogP contribution < -0.4 is 15.2 Å². The normalized spacial score (nSPS) is 10.3. The van der Waals surface area contributed by atoms with Crippen LogP contribution in [0.3, 0.4) is 0 Å². The lowest BCUT2D eigenvalue weighted by Crippen LogP contribution is -2.37. The van der Waals surface area contributed by atoms with Gasteiger partial charge in [-0.1, -0.05) is 24.3 Å². The Hall–Kier alpha value is -3.67. The van der Waals surface area contributed by atoms with Crippen LogP contribution in [0.25, 0.3) is 11.3 Å². The van der Waals surface area contributed by atoms with Crippen LogP contribution in [0.2, 0.25) is 0 Å². The number of hydrogen-bond donors (Lipinski definition) is 0. The third kappa shape index (κ3) is 4.35. The summed E-state index contributed by atoms with van der Waals surface area (Å²) < 4.78 is 6.34. The molecule has 1 amide bonds. The van der Waals surface area contributed by atoms with E-state index < -0.39 is 0 Å². The van der Waals surface area contributed by atoms with Gasteiger partial charge in [0.05, 0.1) is 12.8 Å². The number of hydrogen-bond acceptors (Lipinski definition) is 4. The first-order valence-electron chi connectivity index (χ1n) is 8.81. The molecule has 3 rings (SSSR count). The molecule has 142 valence electrons. The van der Waals surface area contributed by atoms with Crippen LogP contribution in [0.1, 0.15) is 0 Å². The molecular weight excluding hydrogens is 354 g/mol. The second-order valence-corrected chi connectivity index (χ2v) is 6.07. The van der Waals surface area contributed by atoms with Crippen LogP contribution in [0.4, 0.5) is 5.69 Å². The van der Waals surface area contributed by atoms with Gasteiger partial charge in [-0.15, -0.1) is 6.58 Å². The van der Waals surface area contributed by atoms with Crippen LogP contribution in [0.15, 0.2) is 84.2 Å². The number of anilines is 1. The number of rotatable bonds is 7. The number of aromatic nitrogens is 2. The third-order valence-electron chi connectivity index (χ3n) is 4.22.